The summed E-state index contributed by atoms with van der Waals surface area (Å²) in [5, 5.41) is 9.10. The summed E-state index contributed by atoms with van der Waals surface area (Å²) in [4.78, 5) is 2.41. The van der Waals surface area contributed by atoms with Crippen LogP contribution in [0.1, 0.15) is 12.8 Å². The Morgan fingerprint density at radius 2 is 2.42 bits per heavy atom. The van der Waals surface area contributed by atoms with Gasteiger partial charge in [0.1, 0.15) is 0 Å². The van der Waals surface area contributed by atoms with Gasteiger partial charge in [-0.3, -0.25) is 4.90 Å². The maximum absolute atomic E-state index is 9.10. The fourth-order valence-corrected chi connectivity index (χ4v) is 2.64. The maximum Gasteiger partial charge on any atom is 0.0586 e. The molecule has 3 fully saturated rings. The van der Waals surface area contributed by atoms with Crippen molar-refractivity contribution >= 4 is 0 Å². The molecular weight excluding hydrogens is 150 g/mol. The van der Waals surface area contributed by atoms with Gasteiger partial charge in [-0.25, -0.2) is 0 Å². The summed E-state index contributed by atoms with van der Waals surface area (Å²) in [5.41, 5.74) is 0. The van der Waals surface area contributed by atoms with Crippen LogP contribution < -0.4 is 0 Å². The zero-order chi connectivity index (χ0) is 8.55. The van der Waals surface area contributed by atoms with E-state index in [1.807, 2.05) is 0 Å². The first kappa shape index (κ1) is 8.27. The number of piperidine rings is 3. The fraction of sp³-hybridized carbons (Fsp3) is 0.800. The summed E-state index contributed by atoms with van der Waals surface area (Å²) in [6.07, 6.45) is 4.56. The van der Waals surface area contributed by atoms with E-state index in [1.54, 1.807) is 0 Å². The molecule has 3 aliphatic heterocycles. The molecule has 0 radical (unpaired) electrons. The molecule has 1 unspecified atom stereocenters. The molecule has 4 atom stereocenters. The van der Waals surface area contributed by atoms with Crippen molar-refractivity contribution in [2.75, 3.05) is 19.7 Å². The van der Waals surface area contributed by atoms with Crippen molar-refractivity contribution in [2.24, 2.45) is 11.8 Å². The lowest BCUT2D eigenvalue weighted by molar-refractivity contribution is -0.00631. The van der Waals surface area contributed by atoms with Crippen molar-refractivity contribution in [3.05, 3.63) is 12.7 Å². The Hall–Kier alpha value is -0.340. The van der Waals surface area contributed by atoms with Crippen LogP contribution in [-0.2, 0) is 0 Å². The van der Waals surface area contributed by atoms with Crippen LogP contribution in [0.2, 0.25) is 0 Å². The van der Waals surface area contributed by atoms with Gasteiger partial charge in [-0.15, -0.1) is 6.58 Å². The van der Waals surface area contributed by atoms with Gasteiger partial charge in [0.2, 0.25) is 0 Å². The average Bonchev–Trinajstić information content (AvgIpc) is 2.18. The average molecular weight is 167 g/mol. The first-order valence-electron chi connectivity index (χ1n) is 4.82. The van der Waals surface area contributed by atoms with Gasteiger partial charge in [-0.1, -0.05) is 6.08 Å². The lowest BCUT2D eigenvalue weighted by Gasteiger charge is -2.48. The molecular formula is C10H17NO. The normalized spacial score (nSPS) is 46.1. The summed E-state index contributed by atoms with van der Waals surface area (Å²) >= 11 is 0. The van der Waals surface area contributed by atoms with E-state index < -0.39 is 0 Å². The molecule has 0 aliphatic carbocycles. The summed E-state index contributed by atoms with van der Waals surface area (Å²) in [6.45, 7) is 6.50. The van der Waals surface area contributed by atoms with Gasteiger partial charge in [0.25, 0.3) is 0 Å². The van der Waals surface area contributed by atoms with E-state index in [9.17, 15) is 0 Å². The second-order valence-electron chi connectivity index (χ2n) is 4.02. The fourth-order valence-electron chi connectivity index (χ4n) is 2.64. The molecule has 0 aromatic carbocycles. The molecule has 1 N–H and O–H groups in total. The van der Waals surface area contributed by atoms with Gasteiger partial charge in [-0.05, 0) is 31.2 Å². The molecule has 0 aromatic heterocycles. The standard InChI is InChI=1S/C10H17NO/c1-2-8-6-11-4-3-9(8)5-10(11)7-12/h2,8-10,12H,1,3-7H2/t8-,9-,10+/m0/s1. The molecule has 3 aliphatic rings. The molecule has 0 amide bonds. The largest absolute Gasteiger partial charge is 0.395 e. The Balaban J connectivity index is 2.05. The van der Waals surface area contributed by atoms with Crippen LogP contribution in [0.5, 0.6) is 0 Å². The Labute approximate surface area is 73.9 Å². The van der Waals surface area contributed by atoms with E-state index in [1.165, 1.54) is 19.4 Å². The summed E-state index contributed by atoms with van der Waals surface area (Å²) < 4.78 is 0. The minimum absolute atomic E-state index is 0.334. The Morgan fingerprint density at radius 1 is 1.58 bits per heavy atom. The van der Waals surface area contributed by atoms with Crippen molar-refractivity contribution in [2.45, 2.75) is 18.9 Å². The van der Waals surface area contributed by atoms with E-state index in [-0.39, 0.29) is 0 Å². The summed E-state index contributed by atoms with van der Waals surface area (Å²) in [6, 6.07) is 0.444. The van der Waals surface area contributed by atoms with Gasteiger partial charge in [0, 0.05) is 12.6 Å². The van der Waals surface area contributed by atoms with Crippen LogP contribution in [0.25, 0.3) is 0 Å². The highest BCUT2D eigenvalue weighted by Gasteiger charge is 2.38. The van der Waals surface area contributed by atoms with E-state index >= 15 is 0 Å². The zero-order valence-corrected chi connectivity index (χ0v) is 7.45. The van der Waals surface area contributed by atoms with Crippen molar-refractivity contribution < 1.29 is 5.11 Å². The van der Waals surface area contributed by atoms with Gasteiger partial charge in [-0.2, -0.15) is 0 Å². The third-order valence-electron chi connectivity index (χ3n) is 3.44. The Bertz CT molecular complexity index is 181. The molecule has 3 heterocycles. The zero-order valence-electron chi connectivity index (χ0n) is 7.45. The second kappa shape index (κ2) is 3.19. The van der Waals surface area contributed by atoms with Gasteiger partial charge < -0.3 is 5.11 Å². The molecule has 0 spiro atoms. The van der Waals surface area contributed by atoms with Crippen LogP contribution in [0, 0.1) is 11.8 Å². The minimum Gasteiger partial charge on any atom is -0.395 e. The van der Waals surface area contributed by atoms with Crippen molar-refractivity contribution in [3.8, 4) is 0 Å². The first-order valence-corrected chi connectivity index (χ1v) is 4.82. The number of fused-ring (bicyclic) bond motifs is 3. The lowest BCUT2D eigenvalue weighted by atomic mass is 9.76. The van der Waals surface area contributed by atoms with E-state index in [0.29, 0.717) is 18.6 Å². The molecule has 68 valence electrons. The minimum atomic E-state index is 0.334. The third kappa shape index (κ3) is 1.19. The number of aliphatic hydroxyl groups is 1. The molecule has 0 aromatic rings. The van der Waals surface area contributed by atoms with Gasteiger partial charge in [0.05, 0.1) is 6.61 Å². The maximum atomic E-state index is 9.10. The number of hydrogen-bond acceptors (Lipinski definition) is 2. The van der Waals surface area contributed by atoms with Crippen LogP contribution in [0.4, 0.5) is 0 Å². The van der Waals surface area contributed by atoms with Gasteiger partial charge in [0.15, 0.2) is 0 Å². The molecule has 2 nitrogen and oxygen atoms in total. The quantitative estimate of drug-likeness (QED) is 0.617. The predicted octanol–water partition coefficient (Wildman–Crippen LogP) is 0.875. The number of nitrogens with zero attached hydrogens (tertiary/aromatic N) is 1. The summed E-state index contributed by atoms with van der Waals surface area (Å²) in [5.74, 6) is 1.48. The smallest absolute Gasteiger partial charge is 0.0586 e. The Morgan fingerprint density at radius 3 is 2.92 bits per heavy atom. The SMILES string of the molecule is C=C[C@H]1CN2CC[C@H]1C[C@@H]2CO. The highest BCUT2D eigenvalue weighted by molar-refractivity contribution is 4.98. The second-order valence-corrected chi connectivity index (χ2v) is 4.02. The van der Waals surface area contributed by atoms with E-state index in [0.717, 1.165) is 12.5 Å². The van der Waals surface area contributed by atoms with Crippen LogP contribution in [-0.4, -0.2) is 35.7 Å². The van der Waals surface area contributed by atoms with E-state index in [2.05, 4.69) is 17.6 Å². The molecule has 2 heteroatoms. The lowest BCUT2D eigenvalue weighted by Crippen LogP contribution is -2.54. The predicted molar refractivity (Wildman–Crippen MR) is 48.9 cm³/mol. The van der Waals surface area contributed by atoms with Crippen LogP contribution >= 0.6 is 0 Å². The highest BCUT2D eigenvalue weighted by atomic mass is 16.3. The Kier molecular flexibility index (Phi) is 2.20. The number of aliphatic hydroxyl groups excluding tert-OH is 1. The molecule has 3 rings (SSSR count). The van der Waals surface area contributed by atoms with Crippen LogP contribution in [0.15, 0.2) is 12.7 Å². The number of hydrogen-bond donors (Lipinski definition) is 1. The highest BCUT2D eigenvalue weighted by Crippen LogP contribution is 2.36. The molecule has 0 saturated carbocycles. The molecule has 12 heavy (non-hydrogen) atoms. The number of rotatable bonds is 2. The first-order chi connectivity index (χ1) is 5.85. The van der Waals surface area contributed by atoms with Crippen molar-refractivity contribution in [1.29, 1.82) is 0 Å². The topological polar surface area (TPSA) is 23.5 Å². The van der Waals surface area contributed by atoms with E-state index in [4.69, 9.17) is 5.11 Å². The molecule has 3 saturated heterocycles. The molecule has 2 bridgehead atoms. The van der Waals surface area contributed by atoms with Crippen LogP contribution in [0.3, 0.4) is 0 Å². The summed E-state index contributed by atoms with van der Waals surface area (Å²) in [7, 11) is 0. The monoisotopic (exact) mass is 167 g/mol. The van der Waals surface area contributed by atoms with Crippen molar-refractivity contribution in [1.82, 2.24) is 4.90 Å². The van der Waals surface area contributed by atoms with Crippen molar-refractivity contribution in [3.63, 3.8) is 0 Å². The van der Waals surface area contributed by atoms with Gasteiger partial charge >= 0.3 is 0 Å². The third-order valence-corrected chi connectivity index (χ3v) is 3.44.